The van der Waals surface area contributed by atoms with Crippen LogP contribution < -0.4 is 5.32 Å². The van der Waals surface area contributed by atoms with Crippen LogP contribution in [-0.4, -0.2) is 29.7 Å². The van der Waals surface area contributed by atoms with E-state index in [1.807, 2.05) is 0 Å². The Morgan fingerprint density at radius 2 is 1.88 bits per heavy atom. The van der Waals surface area contributed by atoms with Crippen molar-refractivity contribution >= 4 is 11.9 Å². The van der Waals surface area contributed by atoms with E-state index in [0.717, 1.165) is 12.8 Å². The highest BCUT2D eigenvalue weighted by molar-refractivity contribution is 5.93. The fraction of sp³-hybridized carbons (Fsp3) is 0.294. The van der Waals surface area contributed by atoms with E-state index in [1.165, 1.54) is 24.3 Å². The summed E-state index contributed by atoms with van der Waals surface area (Å²) in [5.74, 6) is -2.57. The van der Waals surface area contributed by atoms with Crippen molar-refractivity contribution in [3.8, 4) is 0 Å². The van der Waals surface area contributed by atoms with Gasteiger partial charge in [-0.3, -0.25) is 4.79 Å². The smallest absolute Gasteiger partial charge is 0.371 e. The number of furan rings is 1. The first kappa shape index (κ1) is 16.2. The molecular weight excluding hydrogens is 317 g/mol. The zero-order valence-electron chi connectivity index (χ0n) is 12.7. The first-order valence-electron chi connectivity index (χ1n) is 7.55. The van der Waals surface area contributed by atoms with Crippen LogP contribution in [0, 0.1) is 5.82 Å². The van der Waals surface area contributed by atoms with E-state index in [-0.39, 0.29) is 23.4 Å². The van der Waals surface area contributed by atoms with Crippen LogP contribution in [0.5, 0.6) is 0 Å². The fourth-order valence-electron chi connectivity index (χ4n) is 2.71. The maximum Gasteiger partial charge on any atom is 0.371 e. The summed E-state index contributed by atoms with van der Waals surface area (Å²) in [6.07, 6.45) is 1.41. The van der Waals surface area contributed by atoms with Crippen molar-refractivity contribution in [1.29, 1.82) is 0 Å². The van der Waals surface area contributed by atoms with Crippen molar-refractivity contribution < 1.29 is 28.2 Å². The molecule has 2 heterocycles. The number of benzene rings is 1. The Hall–Kier alpha value is -2.67. The molecule has 2 atom stereocenters. The van der Waals surface area contributed by atoms with E-state index in [9.17, 15) is 14.0 Å². The second-order valence-corrected chi connectivity index (χ2v) is 5.52. The number of hydrogen-bond donors (Lipinski definition) is 2. The minimum Gasteiger partial charge on any atom is -0.475 e. The molecule has 7 heteroatoms. The molecule has 0 saturated carbocycles. The van der Waals surface area contributed by atoms with E-state index >= 15 is 0 Å². The Morgan fingerprint density at radius 3 is 2.46 bits per heavy atom. The lowest BCUT2D eigenvalue weighted by Gasteiger charge is -2.24. The summed E-state index contributed by atoms with van der Waals surface area (Å²) in [7, 11) is 0. The Morgan fingerprint density at radius 1 is 1.17 bits per heavy atom. The van der Waals surface area contributed by atoms with Gasteiger partial charge in [0, 0.05) is 6.61 Å². The van der Waals surface area contributed by atoms with Gasteiger partial charge < -0.3 is 19.6 Å². The molecule has 1 fully saturated rings. The SMILES string of the molecule is O=C(O)c1ccc(C(=O)NC(c2ccc(F)cc2)C2CCCO2)o1. The molecule has 1 amide bonds. The van der Waals surface area contributed by atoms with Crippen molar-refractivity contribution in [1.82, 2.24) is 5.32 Å². The van der Waals surface area contributed by atoms with Gasteiger partial charge in [-0.1, -0.05) is 12.1 Å². The van der Waals surface area contributed by atoms with E-state index < -0.39 is 17.9 Å². The molecule has 1 saturated heterocycles. The summed E-state index contributed by atoms with van der Waals surface area (Å²) in [6, 6.07) is 7.86. The van der Waals surface area contributed by atoms with Gasteiger partial charge in [0.15, 0.2) is 5.76 Å². The molecule has 126 valence electrons. The number of nitrogens with one attached hydrogen (secondary N) is 1. The third kappa shape index (κ3) is 3.46. The summed E-state index contributed by atoms with van der Waals surface area (Å²) in [5.41, 5.74) is 0.710. The second kappa shape index (κ2) is 6.84. The molecule has 1 aromatic heterocycles. The molecule has 0 spiro atoms. The molecule has 3 rings (SSSR count). The third-order valence-corrected chi connectivity index (χ3v) is 3.89. The molecule has 1 aliphatic rings. The molecule has 6 nitrogen and oxygen atoms in total. The molecule has 1 aliphatic heterocycles. The first-order chi connectivity index (χ1) is 11.5. The van der Waals surface area contributed by atoms with Crippen molar-refractivity contribution in [3.63, 3.8) is 0 Å². The molecule has 0 bridgehead atoms. The lowest BCUT2D eigenvalue weighted by Crippen LogP contribution is -2.36. The number of carbonyl (C=O) groups is 2. The number of hydrogen-bond acceptors (Lipinski definition) is 4. The summed E-state index contributed by atoms with van der Waals surface area (Å²) in [4.78, 5) is 23.2. The van der Waals surface area contributed by atoms with Crippen molar-refractivity contribution in [3.05, 3.63) is 59.3 Å². The van der Waals surface area contributed by atoms with Gasteiger partial charge in [-0.2, -0.15) is 0 Å². The fourth-order valence-corrected chi connectivity index (χ4v) is 2.71. The van der Waals surface area contributed by atoms with Crippen molar-refractivity contribution in [2.45, 2.75) is 25.0 Å². The molecule has 24 heavy (non-hydrogen) atoms. The highest BCUT2D eigenvalue weighted by Gasteiger charge is 2.30. The molecule has 0 aliphatic carbocycles. The Kier molecular flexibility index (Phi) is 4.61. The minimum absolute atomic E-state index is 0.0995. The standard InChI is InChI=1S/C17H16FNO5/c18-11-5-3-10(4-6-11)15(12-2-1-9-23-12)19-16(20)13-7-8-14(24-13)17(21)22/h3-8,12,15H,1-2,9H2,(H,19,20)(H,21,22). The predicted molar refractivity (Wildman–Crippen MR) is 81.2 cm³/mol. The number of halogens is 1. The van der Waals surface area contributed by atoms with Crippen LogP contribution in [0.2, 0.25) is 0 Å². The molecule has 2 unspecified atom stereocenters. The van der Waals surface area contributed by atoms with Crippen LogP contribution in [-0.2, 0) is 4.74 Å². The quantitative estimate of drug-likeness (QED) is 0.878. The normalized spacial score (nSPS) is 18.3. The Balaban J connectivity index is 1.81. The van der Waals surface area contributed by atoms with E-state index in [4.69, 9.17) is 14.3 Å². The number of ether oxygens (including phenoxy) is 1. The number of rotatable bonds is 5. The summed E-state index contributed by atoms with van der Waals surface area (Å²) < 4.78 is 23.8. The molecule has 2 aromatic rings. The lowest BCUT2D eigenvalue weighted by molar-refractivity contribution is 0.0636. The van der Waals surface area contributed by atoms with E-state index in [2.05, 4.69) is 5.32 Å². The number of carboxylic acid groups (broad SMARTS) is 1. The van der Waals surface area contributed by atoms with Crippen LogP contribution in [0.1, 0.15) is 45.6 Å². The molecular formula is C17H16FNO5. The van der Waals surface area contributed by atoms with Crippen LogP contribution in [0.25, 0.3) is 0 Å². The molecule has 2 N–H and O–H groups in total. The minimum atomic E-state index is -1.25. The van der Waals surface area contributed by atoms with Crippen LogP contribution in [0.15, 0.2) is 40.8 Å². The largest absolute Gasteiger partial charge is 0.475 e. The lowest BCUT2D eigenvalue weighted by atomic mass is 9.99. The van der Waals surface area contributed by atoms with Gasteiger partial charge in [-0.25, -0.2) is 9.18 Å². The Bertz CT molecular complexity index is 734. The third-order valence-electron chi connectivity index (χ3n) is 3.89. The zero-order chi connectivity index (χ0) is 17.1. The first-order valence-corrected chi connectivity index (χ1v) is 7.55. The average Bonchev–Trinajstić information content (AvgIpc) is 3.25. The second-order valence-electron chi connectivity index (χ2n) is 5.52. The van der Waals surface area contributed by atoms with Gasteiger partial charge in [0.1, 0.15) is 5.82 Å². The monoisotopic (exact) mass is 333 g/mol. The highest BCUT2D eigenvalue weighted by Crippen LogP contribution is 2.27. The molecule has 1 aromatic carbocycles. The van der Waals surface area contributed by atoms with Crippen molar-refractivity contribution in [2.75, 3.05) is 6.61 Å². The van der Waals surface area contributed by atoms with Crippen LogP contribution >= 0.6 is 0 Å². The van der Waals surface area contributed by atoms with Crippen LogP contribution in [0.3, 0.4) is 0 Å². The number of carbonyl (C=O) groups excluding carboxylic acids is 1. The maximum atomic E-state index is 13.1. The summed E-state index contributed by atoms with van der Waals surface area (Å²) in [5, 5.41) is 11.6. The summed E-state index contributed by atoms with van der Waals surface area (Å²) in [6.45, 7) is 0.599. The Labute approximate surface area is 137 Å². The predicted octanol–water partition coefficient (Wildman–Crippen LogP) is 2.77. The van der Waals surface area contributed by atoms with Gasteiger partial charge in [-0.15, -0.1) is 0 Å². The molecule has 0 radical (unpaired) electrons. The zero-order valence-corrected chi connectivity index (χ0v) is 12.7. The van der Waals surface area contributed by atoms with Crippen LogP contribution in [0.4, 0.5) is 4.39 Å². The van der Waals surface area contributed by atoms with Gasteiger partial charge in [0.25, 0.3) is 5.91 Å². The summed E-state index contributed by atoms with van der Waals surface area (Å²) >= 11 is 0. The van der Waals surface area contributed by atoms with Gasteiger partial charge in [0.2, 0.25) is 5.76 Å². The highest BCUT2D eigenvalue weighted by atomic mass is 19.1. The topological polar surface area (TPSA) is 88.8 Å². The average molecular weight is 333 g/mol. The van der Waals surface area contributed by atoms with Gasteiger partial charge in [0.05, 0.1) is 12.1 Å². The number of amides is 1. The van der Waals surface area contributed by atoms with E-state index in [0.29, 0.717) is 12.2 Å². The number of aromatic carboxylic acids is 1. The van der Waals surface area contributed by atoms with Crippen molar-refractivity contribution in [2.24, 2.45) is 0 Å². The maximum absolute atomic E-state index is 13.1. The van der Waals surface area contributed by atoms with Gasteiger partial charge >= 0.3 is 5.97 Å². The van der Waals surface area contributed by atoms with Gasteiger partial charge in [-0.05, 0) is 42.7 Å². The number of carboxylic acids is 1. The van der Waals surface area contributed by atoms with E-state index in [1.54, 1.807) is 12.1 Å².